The third-order valence-electron chi connectivity index (χ3n) is 5.08. The van der Waals surface area contributed by atoms with E-state index in [2.05, 4.69) is 15.0 Å². The molecule has 0 aliphatic carbocycles. The van der Waals surface area contributed by atoms with Crippen LogP contribution in [0.2, 0.25) is 0 Å². The van der Waals surface area contributed by atoms with Gasteiger partial charge in [0.1, 0.15) is 5.82 Å². The van der Waals surface area contributed by atoms with Crippen LogP contribution >= 0.6 is 0 Å². The molecule has 0 bridgehead atoms. The molecule has 6 nitrogen and oxygen atoms in total. The number of hydrogen-bond donors (Lipinski definition) is 2. The summed E-state index contributed by atoms with van der Waals surface area (Å²) in [6.45, 7) is 0.720. The van der Waals surface area contributed by atoms with Crippen molar-refractivity contribution < 1.29 is 4.79 Å². The summed E-state index contributed by atoms with van der Waals surface area (Å²) in [7, 11) is 0. The molecule has 1 saturated heterocycles. The topological polar surface area (TPSA) is 77.7 Å². The van der Waals surface area contributed by atoms with E-state index in [4.69, 9.17) is 4.98 Å². The number of imidazole rings is 2. The first-order chi connectivity index (χ1) is 12.8. The summed E-state index contributed by atoms with van der Waals surface area (Å²) < 4.78 is 0. The molecule has 2 aromatic carbocycles. The van der Waals surface area contributed by atoms with Crippen molar-refractivity contribution in [3.8, 4) is 0 Å². The van der Waals surface area contributed by atoms with Crippen LogP contribution in [0.15, 0.2) is 48.5 Å². The molecule has 26 heavy (non-hydrogen) atoms. The molecule has 0 unspecified atom stereocenters. The predicted octanol–water partition coefficient (Wildman–Crippen LogP) is 3.81. The maximum atomic E-state index is 13.2. The minimum atomic E-state index is -0.0636. The number of nitrogens with zero attached hydrogens (tertiary/aromatic N) is 3. The van der Waals surface area contributed by atoms with E-state index in [0.29, 0.717) is 5.82 Å². The van der Waals surface area contributed by atoms with Crippen LogP contribution in [0.25, 0.3) is 22.1 Å². The number of nitrogens with one attached hydrogen (secondary N) is 2. The quantitative estimate of drug-likeness (QED) is 0.580. The fourth-order valence-corrected chi connectivity index (χ4v) is 3.78. The number of hydrogen-bond acceptors (Lipinski definition) is 3. The summed E-state index contributed by atoms with van der Waals surface area (Å²) in [5.41, 5.74) is 3.63. The van der Waals surface area contributed by atoms with Gasteiger partial charge < -0.3 is 14.9 Å². The monoisotopic (exact) mass is 345 g/mol. The van der Waals surface area contributed by atoms with Gasteiger partial charge in [-0.05, 0) is 43.5 Å². The molecule has 1 aliphatic heterocycles. The number of aromatic nitrogens is 4. The number of carbonyl (C=O) groups is 1. The highest BCUT2D eigenvalue weighted by atomic mass is 16.2. The Labute approximate surface area is 150 Å². The van der Waals surface area contributed by atoms with Gasteiger partial charge >= 0.3 is 0 Å². The van der Waals surface area contributed by atoms with Gasteiger partial charge in [-0.1, -0.05) is 24.3 Å². The maximum absolute atomic E-state index is 13.2. The molecular weight excluding hydrogens is 326 g/mol. The lowest BCUT2D eigenvalue weighted by atomic mass is 10.0. The molecule has 0 radical (unpaired) electrons. The molecule has 6 heteroatoms. The van der Waals surface area contributed by atoms with E-state index < -0.39 is 0 Å². The highest BCUT2D eigenvalue weighted by molar-refractivity contribution is 5.94. The summed E-state index contributed by atoms with van der Waals surface area (Å²) >= 11 is 0. The molecule has 0 spiro atoms. The van der Waals surface area contributed by atoms with E-state index in [0.717, 1.165) is 53.7 Å². The summed E-state index contributed by atoms with van der Waals surface area (Å²) in [6, 6.07) is 15.6. The Balaban J connectivity index is 1.51. The molecule has 1 atom stereocenters. The second-order valence-corrected chi connectivity index (χ2v) is 6.75. The molecule has 1 fully saturated rings. The third-order valence-corrected chi connectivity index (χ3v) is 5.08. The van der Waals surface area contributed by atoms with Crippen molar-refractivity contribution in [2.24, 2.45) is 0 Å². The van der Waals surface area contributed by atoms with Crippen molar-refractivity contribution in [3.63, 3.8) is 0 Å². The Morgan fingerprint density at radius 1 is 0.923 bits per heavy atom. The van der Waals surface area contributed by atoms with Crippen molar-refractivity contribution in [2.75, 3.05) is 6.54 Å². The normalized spacial score (nSPS) is 17.8. The van der Waals surface area contributed by atoms with E-state index in [-0.39, 0.29) is 11.9 Å². The van der Waals surface area contributed by atoms with Crippen molar-refractivity contribution in [2.45, 2.75) is 25.3 Å². The largest absolute Gasteiger partial charge is 0.340 e. The highest BCUT2D eigenvalue weighted by Crippen LogP contribution is 2.31. The van der Waals surface area contributed by atoms with Gasteiger partial charge in [-0.2, -0.15) is 0 Å². The second-order valence-electron chi connectivity index (χ2n) is 6.75. The second kappa shape index (κ2) is 5.98. The zero-order valence-electron chi connectivity index (χ0n) is 14.3. The first kappa shape index (κ1) is 15.1. The van der Waals surface area contributed by atoms with E-state index >= 15 is 0 Å². The number of amides is 1. The number of H-pyrrole nitrogens is 2. The molecule has 1 amide bonds. The van der Waals surface area contributed by atoms with Crippen molar-refractivity contribution >= 4 is 28.0 Å². The van der Waals surface area contributed by atoms with Gasteiger partial charge in [0.05, 0.1) is 28.1 Å². The number of aromatic amines is 2. The lowest BCUT2D eigenvalue weighted by Gasteiger charge is -2.33. The number of carbonyl (C=O) groups excluding carboxylic acids is 1. The summed E-state index contributed by atoms with van der Waals surface area (Å²) in [5, 5.41) is 0. The van der Waals surface area contributed by atoms with Crippen molar-refractivity contribution in [3.05, 3.63) is 60.2 Å². The molecule has 3 heterocycles. The minimum absolute atomic E-state index is 0.0446. The Kier molecular flexibility index (Phi) is 3.48. The molecule has 1 aliphatic rings. The van der Waals surface area contributed by atoms with Crippen LogP contribution in [0.5, 0.6) is 0 Å². The Morgan fingerprint density at radius 3 is 2.35 bits per heavy atom. The number of likely N-dealkylation sites (tertiary alicyclic amines) is 1. The molecule has 2 N–H and O–H groups in total. The molecule has 0 saturated carbocycles. The van der Waals surface area contributed by atoms with Crippen LogP contribution in [0.4, 0.5) is 0 Å². The Hall–Kier alpha value is -3.15. The lowest BCUT2D eigenvalue weighted by molar-refractivity contribution is 0.0590. The van der Waals surface area contributed by atoms with E-state index in [1.165, 1.54) is 0 Å². The number of rotatable bonds is 2. The number of para-hydroxylation sites is 4. The fourth-order valence-electron chi connectivity index (χ4n) is 3.78. The van der Waals surface area contributed by atoms with Crippen molar-refractivity contribution in [1.29, 1.82) is 0 Å². The summed E-state index contributed by atoms with van der Waals surface area (Å²) in [4.78, 5) is 30.8. The predicted molar refractivity (Wildman–Crippen MR) is 99.8 cm³/mol. The maximum Gasteiger partial charge on any atom is 0.290 e. The molecule has 4 aromatic rings. The zero-order valence-corrected chi connectivity index (χ0v) is 14.3. The van der Waals surface area contributed by atoms with Crippen LogP contribution in [0.3, 0.4) is 0 Å². The Bertz CT molecular complexity index is 1030. The average Bonchev–Trinajstić information content (AvgIpc) is 3.31. The minimum Gasteiger partial charge on any atom is -0.340 e. The van der Waals surface area contributed by atoms with Gasteiger partial charge in [-0.25, -0.2) is 9.97 Å². The smallest absolute Gasteiger partial charge is 0.290 e. The number of piperidine rings is 1. The Morgan fingerprint density at radius 2 is 1.62 bits per heavy atom. The first-order valence-corrected chi connectivity index (χ1v) is 9.00. The van der Waals surface area contributed by atoms with Gasteiger partial charge in [-0.15, -0.1) is 0 Å². The molecule has 2 aromatic heterocycles. The van der Waals surface area contributed by atoms with Crippen LogP contribution in [0.1, 0.15) is 41.7 Å². The van der Waals surface area contributed by atoms with E-state index in [1.807, 2.05) is 53.4 Å². The highest BCUT2D eigenvalue weighted by Gasteiger charge is 2.32. The van der Waals surface area contributed by atoms with Crippen LogP contribution in [0, 0.1) is 0 Å². The SMILES string of the molecule is O=C(c1nc2ccccc2[nH]1)N1CCCC[C@H]1c1nc2ccccc2[nH]1. The zero-order chi connectivity index (χ0) is 17.5. The van der Waals surface area contributed by atoms with Gasteiger partial charge in [0.15, 0.2) is 5.82 Å². The molecular formula is C20H19N5O. The van der Waals surface area contributed by atoms with Crippen LogP contribution in [-0.4, -0.2) is 37.3 Å². The standard InChI is InChI=1S/C20H19N5O/c26-20(19-23-15-9-3-4-10-16(15)24-19)25-12-6-5-11-17(25)18-21-13-7-1-2-8-14(13)22-18/h1-4,7-10,17H,5-6,11-12H2,(H,21,22)(H,23,24)/t17-/m0/s1. The van der Waals surface area contributed by atoms with Gasteiger partial charge in [0.25, 0.3) is 5.91 Å². The molecule has 5 rings (SSSR count). The van der Waals surface area contributed by atoms with Gasteiger partial charge in [-0.3, -0.25) is 4.79 Å². The first-order valence-electron chi connectivity index (χ1n) is 9.00. The van der Waals surface area contributed by atoms with Crippen LogP contribution in [-0.2, 0) is 0 Å². The summed E-state index contributed by atoms with van der Waals surface area (Å²) in [5.74, 6) is 1.19. The van der Waals surface area contributed by atoms with E-state index in [1.54, 1.807) is 0 Å². The third kappa shape index (κ3) is 2.45. The van der Waals surface area contributed by atoms with E-state index in [9.17, 15) is 4.79 Å². The van der Waals surface area contributed by atoms with Gasteiger partial charge in [0.2, 0.25) is 0 Å². The van der Waals surface area contributed by atoms with Crippen molar-refractivity contribution in [1.82, 2.24) is 24.8 Å². The molecule has 130 valence electrons. The summed E-state index contributed by atoms with van der Waals surface area (Å²) in [6.07, 6.45) is 3.00. The lowest BCUT2D eigenvalue weighted by Crippen LogP contribution is -2.39. The van der Waals surface area contributed by atoms with Crippen LogP contribution < -0.4 is 0 Å². The fraction of sp³-hybridized carbons (Fsp3) is 0.250. The average molecular weight is 345 g/mol. The number of fused-ring (bicyclic) bond motifs is 2. The van der Waals surface area contributed by atoms with Gasteiger partial charge in [0, 0.05) is 6.54 Å². The number of benzene rings is 2.